The van der Waals surface area contributed by atoms with Crippen molar-refractivity contribution in [3.05, 3.63) is 0 Å². The average molecular weight is 245 g/mol. The molecule has 1 fully saturated rings. The molecule has 0 aromatic rings. The molecule has 100 valence electrons. The minimum atomic E-state index is -0.561. The lowest BCUT2D eigenvalue weighted by Gasteiger charge is -2.41. The van der Waals surface area contributed by atoms with Crippen molar-refractivity contribution in [1.29, 1.82) is 0 Å². The summed E-state index contributed by atoms with van der Waals surface area (Å²) in [7, 11) is 0. The van der Waals surface area contributed by atoms with Gasteiger partial charge < -0.3 is 14.9 Å². The van der Waals surface area contributed by atoms with E-state index in [2.05, 4.69) is 0 Å². The van der Waals surface area contributed by atoms with E-state index in [-0.39, 0.29) is 25.3 Å². The predicted octanol–water partition coefficient (Wildman–Crippen LogP) is 1.13. The smallest absolute Gasteiger partial charge is 0.410 e. The highest BCUT2D eigenvalue weighted by Gasteiger charge is 2.36. The Labute approximate surface area is 102 Å². The van der Waals surface area contributed by atoms with Crippen LogP contribution in [0.1, 0.15) is 40.0 Å². The third kappa shape index (κ3) is 3.85. The van der Waals surface area contributed by atoms with E-state index in [1.54, 1.807) is 20.8 Å². The van der Waals surface area contributed by atoms with Crippen molar-refractivity contribution < 1.29 is 19.7 Å². The first-order chi connectivity index (χ1) is 7.89. The van der Waals surface area contributed by atoms with E-state index >= 15 is 0 Å². The molecular formula is C12H23NO4. The van der Waals surface area contributed by atoms with Crippen LogP contribution in [-0.2, 0) is 4.74 Å². The second kappa shape index (κ2) is 5.69. The summed E-state index contributed by atoms with van der Waals surface area (Å²) in [5, 5.41) is 18.6. The molecule has 0 aromatic carbocycles. The van der Waals surface area contributed by atoms with Gasteiger partial charge in [-0.15, -0.1) is 0 Å². The Morgan fingerprint density at radius 2 is 1.71 bits per heavy atom. The molecule has 0 aromatic heterocycles. The van der Waals surface area contributed by atoms with E-state index in [9.17, 15) is 15.0 Å². The molecule has 0 saturated carbocycles. The van der Waals surface area contributed by atoms with Crippen LogP contribution >= 0.6 is 0 Å². The molecule has 1 rings (SSSR count). The van der Waals surface area contributed by atoms with Gasteiger partial charge in [-0.05, 0) is 40.0 Å². The molecule has 0 unspecified atom stereocenters. The number of hydrogen-bond acceptors (Lipinski definition) is 4. The highest BCUT2D eigenvalue weighted by Crippen LogP contribution is 2.25. The first-order valence-electron chi connectivity index (χ1n) is 6.12. The van der Waals surface area contributed by atoms with Crippen molar-refractivity contribution in [2.75, 3.05) is 13.2 Å². The zero-order valence-corrected chi connectivity index (χ0v) is 10.8. The number of nitrogens with zero attached hydrogens (tertiary/aromatic N) is 1. The van der Waals surface area contributed by atoms with Gasteiger partial charge >= 0.3 is 6.09 Å². The number of aliphatic hydroxyl groups is 2. The first-order valence-corrected chi connectivity index (χ1v) is 6.12. The number of aliphatic hydroxyl groups excluding tert-OH is 2. The number of amides is 1. The molecule has 1 aliphatic heterocycles. The topological polar surface area (TPSA) is 70.0 Å². The van der Waals surface area contributed by atoms with Crippen LogP contribution in [0.25, 0.3) is 0 Å². The second-order valence-electron chi connectivity index (χ2n) is 5.49. The minimum Gasteiger partial charge on any atom is -0.444 e. The predicted molar refractivity (Wildman–Crippen MR) is 63.7 cm³/mol. The Morgan fingerprint density at radius 1 is 1.24 bits per heavy atom. The SMILES string of the molecule is CC(C)(C)OC(=O)N1[C@H](CO)CCC[C@@H]1CO. The molecule has 5 heteroatoms. The van der Waals surface area contributed by atoms with Crippen LogP contribution in [0, 0.1) is 0 Å². The Hall–Kier alpha value is -0.810. The van der Waals surface area contributed by atoms with Gasteiger partial charge in [-0.25, -0.2) is 4.79 Å². The molecule has 1 heterocycles. The summed E-state index contributed by atoms with van der Waals surface area (Å²) in [4.78, 5) is 13.5. The highest BCUT2D eigenvalue weighted by molar-refractivity contribution is 5.69. The standard InChI is InChI=1S/C12H23NO4/c1-12(2,3)17-11(16)13-9(7-14)5-4-6-10(13)8-15/h9-10,14-15H,4-8H2,1-3H3/t9-,10+. The van der Waals surface area contributed by atoms with Crippen molar-refractivity contribution in [2.24, 2.45) is 0 Å². The third-order valence-corrected chi connectivity index (χ3v) is 2.89. The molecular weight excluding hydrogens is 222 g/mol. The number of carbonyl (C=O) groups is 1. The summed E-state index contributed by atoms with van der Waals surface area (Å²) in [5.74, 6) is 0. The van der Waals surface area contributed by atoms with E-state index < -0.39 is 11.7 Å². The van der Waals surface area contributed by atoms with Crippen LogP contribution in [0.2, 0.25) is 0 Å². The van der Waals surface area contributed by atoms with Gasteiger partial charge in [0.15, 0.2) is 0 Å². The van der Waals surface area contributed by atoms with Gasteiger partial charge in [-0.3, -0.25) is 4.90 Å². The number of piperidine rings is 1. The Balaban J connectivity index is 2.76. The largest absolute Gasteiger partial charge is 0.444 e. The Morgan fingerprint density at radius 3 is 2.06 bits per heavy atom. The maximum Gasteiger partial charge on any atom is 0.410 e. The Bertz CT molecular complexity index is 250. The van der Waals surface area contributed by atoms with Gasteiger partial charge in [0.2, 0.25) is 0 Å². The molecule has 2 atom stereocenters. The zero-order chi connectivity index (χ0) is 13.1. The van der Waals surface area contributed by atoms with E-state index in [0.29, 0.717) is 0 Å². The lowest BCUT2D eigenvalue weighted by Crippen LogP contribution is -2.54. The summed E-state index contributed by atoms with van der Waals surface area (Å²) >= 11 is 0. The number of rotatable bonds is 2. The van der Waals surface area contributed by atoms with Gasteiger partial charge in [-0.1, -0.05) is 0 Å². The van der Waals surface area contributed by atoms with E-state index in [0.717, 1.165) is 19.3 Å². The van der Waals surface area contributed by atoms with Gasteiger partial charge in [0.25, 0.3) is 0 Å². The number of carbonyl (C=O) groups excluding carboxylic acids is 1. The van der Waals surface area contributed by atoms with Crippen LogP contribution in [0.3, 0.4) is 0 Å². The van der Waals surface area contributed by atoms with Crippen LogP contribution < -0.4 is 0 Å². The van der Waals surface area contributed by atoms with Gasteiger partial charge in [0.05, 0.1) is 25.3 Å². The number of hydrogen-bond donors (Lipinski definition) is 2. The van der Waals surface area contributed by atoms with Crippen LogP contribution in [0.15, 0.2) is 0 Å². The minimum absolute atomic E-state index is 0.0876. The van der Waals surface area contributed by atoms with Crippen LogP contribution in [0.4, 0.5) is 4.79 Å². The second-order valence-corrected chi connectivity index (χ2v) is 5.49. The normalized spacial score (nSPS) is 25.8. The summed E-state index contributed by atoms with van der Waals surface area (Å²) in [6, 6.07) is -0.480. The quantitative estimate of drug-likeness (QED) is 0.765. The molecule has 0 radical (unpaired) electrons. The number of likely N-dealkylation sites (tertiary alicyclic amines) is 1. The summed E-state index contributed by atoms with van der Waals surface area (Å²) in [6.07, 6.45) is 1.98. The van der Waals surface area contributed by atoms with Crippen LogP contribution in [-0.4, -0.2) is 52.1 Å². The van der Waals surface area contributed by atoms with E-state index in [1.807, 2.05) is 0 Å². The summed E-state index contributed by atoms with van der Waals surface area (Å²) < 4.78 is 5.31. The fourth-order valence-electron chi connectivity index (χ4n) is 2.14. The van der Waals surface area contributed by atoms with E-state index in [4.69, 9.17) is 4.74 Å². The Kier molecular flexibility index (Phi) is 4.77. The zero-order valence-electron chi connectivity index (χ0n) is 10.8. The lowest BCUT2D eigenvalue weighted by atomic mass is 9.97. The first kappa shape index (κ1) is 14.3. The van der Waals surface area contributed by atoms with Gasteiger partial charge in [0, 0.05) is 0 Å². The van der Waals surface area contributed by atoms with E-state index in [1.165, 1.54) is 4.90 Å². The lowest BCUT2D eigenvalue weighted by molar-refractivity contribution is -0.0247. The van der Waals surface area contributed by atoms with Gasteiger partial charge in [-0.2, -0.15) is 0 Å². The third-order valence-electron chi connectivity index (χ3n) is 2.89. The van der Waals surface area contributed by atoms with Crippen molar-refractivity contribution >= 4 is 6.09 Å². The fraction of sp³-hybridized carbons (Fsp3) is 0.917. The molecule has 1 saturated heterocycles. The van der Waals surface area contributed by atoms with Crippen LogP contribution in [0.5, 0.6) is 0 Å². The monoisotopic (exact) mass is 245 g/mol. The highest BCUT2D eigenvalue weighted by atomic mass is 16.6. The molecule has 5 nitrogen and oxygen atoms in total. The molecule has 0 bridgehead atoms. The summed E-state index contributed by atoms with van der Waals surface area (Å²) in [5.41, 5.74) is -0.561. The summed E-state index contributed by atoms with van der Waals surface area (Å²) in [6.45, 7) is 5.23. The molecule has 2 N–H and O–H groups in total. The maximum absolute atomic E-state index is 12.0. The number of ether oxygens (including phenoxy) is 1. The van der Waals surface area contributed by atoms with Gasteiger partial charge in [0.1, 0.15) is 5.60 Å². The maximum atomic E-state index is 12.0. The van der Waals surface area contributed by atoms with Crippen molar-refractivity contribution in [3.63, 3.8) is 0 Å². The van der Waals surface area contributed by atoms with Crippen molar-refractivity contribution in [2.45, 2.75) is 57.7 Å². The van der Waals surface area contributed by atoms with Crippen molar-refractivity contribution in [1.82, 2.24) is 4.90 Å². The van der Waals surface area contributed by atoms with Crippen molar-refractivity contribution in [3.8, 4) is 0 Å². The molecule has 1 aliphatic rings. The molecule has 1 amide bonds. The molecule has 0 aliphatic carbocycles. The molecule has 17 heavy (non-hydrogen) atoms. The average Bonchev–Trinajstić information content (AvgIpc) is 2.25. The fourth-order valence-corrected chi connectivity index (χ4v) is 2.14. The molecule has 0 spiro atoms.